The van der Waals surface area contributed by atoms with Gasteiger partial charge in [0.15, 0.2) is 0 Å². The third-order valence-corrected chi connectivity index (χ3v) is 4.10. The number of hydrogen-bond acceptors (Lipinski definition) is 5. The van der Waals surface area contributed by atoms with Crippen LogP contribution < -0.4 is 15.5 Å². The average molecular weight is 355 g/mol. The third kappa shape index (κ3) is 4.52. The molecular weight excluding hydrogens is 334 g/mol. The van der Waals surface area contributed by atoms with E-state index in [-0.39, 0.29) is 12.3 Å². The number of hydrogen-bond donors (Lipinski definition) is 3. The summed E-state index contributed by atoms with van der Waals surface area (Å²) in [6.07, 6.45) is 0. The fourth-order valence-corrected chi connectivity index (χ4v) is 2.71. The first-order chi connectivity index (χ1) is 12.6. The Morgan fingerprint density at radius 3 is 2.42 bits per heavy atom. The van der Waals surface area contributed by atoms with E-state index in [1.165, 1.54) is 12.1 Å². The van der Waals surface area contributed by atoms with Crippen LogP contribution in [0.15, 0.2) is 48.5 Å². The van der Waals surface area contributed by atoms with E-state index in [4.69, 9.17) is 4.74 Å². The van der Waals surface area contributed by atoms with Crippen molar-refractivity contribution in [3.63, 3.8) is 0 Å². The van der Waals surface area contributed by atoms with Crippen molar-refractivity contribution in [2.45, 2.75) is 6.54 Å². The monoisotopic (exact) mass is 355 g/mol. The number of phenols is 1. The van der Waals surface area contributed by atoms with Gasteiger partial charge in [0.2, 0.25) is 0 Å². The molecule has 0 aliphatic carbocycles. The molecular formula is C19H21N3O4. The fourth-order valence-electron chi connectivity index (χ4n) is 2.71. The molecule has 1 fully saturated rings. The van der Waals surface area contributed by atoms with Crippen molar-refractivity contribution in [3.8, 4) is 5.75 Å². The Kier molecular flexibility index (Phi) is 5.70. The van der Waals surface area contributed by atoms with Crippen LogP contribution in [0.3, 0.4) is 0 Å². The molecule has 136 valence electrons. The zero-order chi connectivity index (χ0) is 18.4. The van der Waals surface area contributed by atoms with Crippen LogP contribution in [0.5, 0.6) is 5.75 Å². The van der Waals surface area contributed by atoms with Crippen molar-refractivity contribution in [2.24, 2.45) is 0 Å². The molecule has 1 saturated heterocycles. The summed E-state index contributed by atoms with van der Waals surface area (Å²) < 4.78 is 5.35. The molecule has 0 aromatic heterocycles. The van der Waals surface area contributed by atoms with E-state index >= 15 is 0 Å². The summed E-state index contributed by atoms with van der Waals surface area (Å²) in [5, 5.41) is 14.5. The number of amides is 2. The number of morpholine rings is 1. The first-order valence-electron chi connectivity index (χ1n) is 8.42. The van der Waals surface area contributed by atoms with Crippen LogP contribution in [0.2, 0.25) is 0 Å². The maximum Gasteiger partial charge on any atom is 0.313 e. The minimum atomic E-state index is -0.718. The number of anilines is 2. The molecule has 0 atom stereocenters. The summed E-state index contributed by atoms with van der Waals surface area (Å²) in [5.41, 5.74) is 2.26. The average Bonchev–Trinajstić information content (AvgIpc) is 2.68. The molecule has 3 N–H and O–H groups in total. The maximum absolute atomic E-state index is 12.2. The second kappa shape index (κ2) is 8.35. The van der Waals surface area contributed by atoms with Gasteiger partial charge in [0.1, 0.15) is 5.75 Å². The molecule has 7 heteroatoms. The van der Waals surface area contributed by atoms with Gasteiger partial charge in [-0.1, -0.05) is 24.3 Å². The Labute approximate surface area is 151 Å². The van der Waals surface area contributed by atoms with Gasteiger partial charge in [-0.25, -0.2) is 0 Å². The van der Waals surface area contributed by atoms with Crippen LogP contribution in [0.4, 0.5) is 11.4 Å². The van der Waals surface area contributed by atoms with Gasteiger partial charge in [0.25, 0.3) is 0 Å². The van der Waals surface area contributed by atoms with Gasteiger partial charge in [-0.05, 0) is 29.8 Å². The second-order valence-corrected chi connectivity index (χ2v) is 5.92. The predicted octanol–water partition coefficient (Wildman–Crippen LogP) is 1.48. The van der Waals surface area contributed by atoms with Crippen LogP contribution in [-0.4, -0.2) is 43.2 Å². The fraction of sp³-hybridized carbons (Fsp3) is 0.263. The lowest BCUT2D eigenvalue weighted by Gasteiger charge is -2.30. The van der Waals surface area contributed by atoms with E-state index in [0.29, 0.717) is 18.9 Å². The number of rotatable bonds is 4. The second-order valence-electron chi connectivity index (χ2n) is 5.92. The molecule has 26 heavy (non-hydrogen) atoms. The smallest absolute Gasteiger partial charge is 0.313 e. The molecule has 2 aromatic rings. The van der Waals surface area contributed by atoms with Crippen molar-refractivity contribution >= 4 is 23.2 Å². The van der Waals surface area contributed by atoms with E-state index < -0.39 is 11.8 Å². The Hall–Kier alpha value is -3.06. The third-order valence-electron chi connectivity index (χ3n) is 4.10. The lowest BCUT2D eigenvalue weighted by molar-refractivity contribution is -0.136. The summed E-state index contributed by atoms with van der Waals surface area (Å²) in [5.74, 6) is -1.28. The number of para-hydroxylation sites is 2. The van der Waals surface area contributed by atoms with Gasteiger partial charge in [-0.3, -0.25) is 9.59 Å². The summed E-state index contributed by atoms with van der Waals surface area (Å²) in [7, 11) is 0. The quantitative estimate of drug-likeness (QED) is 0.723. The van der Waals surface area contributed by atoms with Gasteiger partial charge < -0.3 is 25.4 Å². The first kappa shape index (κ1) is 17.8. The number of nitrogens with one attached hydrogen (secondary N) is 2. The van der Waals surface area contributed by atoms with Crippen LogP contribution >= 0.6 is 0 Å². The van der Waals surface area contributed by atoms with Gasteiger partial charge in [0.05, 0.1) is 24.6 Å². The molecule has 0 spiro atoms. The molecule has 7 nitrogen and oxygen atoms in total. The summed E-state index contributed by atoms with van der Waals surface area (Å²) in [6, 6.07) is 13.8. The highest BCUT2D eigenvalue weighted by atomic mass is 16.5. The van der Waals surface area contributed by atoms with E-state index in [0.717, 1.165) is 24.3 Å². The Balaban J connectivity index is 1.60. The molecule has 0 unspecified atom stereocenters. The number of benzene rings is 2. The molecule has 0 radical (unpaired) electrons. The van der Waals surface area contributed by atoms with Gasteiger partial charge in [0, 0.05) is 19.6 Å². The SMILES string of the molecule is O=C(NCc1ccc(O)cc1)C(=O)Nc1ccccc1N1CCOCC1. The zero-order valence-electron chi connectivity index (χ0n) is 14.3. The molecule has 0 saturated carbocycles. The normalized spacial score (nSPS) is 13.9. The first-order valence-corrected chi connectivity index (χ1v) is 8.42. The molecule has 2 aromatic carbocycles. The molecule has 3 rings (SSSR count). The van der Waals surface area contributed by atoms with Crippen LogP contribution in [0, 0.1) is 0 Å². The van der Waals surface area contributed by atoms with Gasteiger partial charge in [-0.2, -0.15) is 0 Å². The number of phenolic OH excluding ortho intramolecular Hbond substituents is 1. The summed E-state index contributed by atoms with van der Waals surface area (Å²) in [4.78, 5) is 26.4. The molecule has 1 aliphatic heterocycles. The Morgan fingerprint density at radius 1 is 1.00 bits per heavy atom. The Morgan fingerprint density at radius 2 is 1.69 bits per heavy atom. The predicted molar refractivity (Wildman–Crippen MR) is 98.1 cm³/mol. The minimum Gasteiger partial charge on any atom is -0.508 e. The highest BCUT2D eigenvalue weighted by molar-refractivity contribution is 6.39. The Bertz CT molecular complexity index is 771. The van der Waals surface area contributed by atoms with Crippen molar-refractivity contribution in [1.82, 2.24) is 5.32 Å². The number of aromatic hydroxyl groups is 1. The number of ether oxygens (including phenoxy) is 1. The maximum atomic E-state index is 12.2. The highest BCUT2D eigenvalue weighted by Crippen LogP contribution is 2.26. The van der Waals surface area contributed by atoms with E-state index in [1.54, 1.807) is 18.2 Å². The molecule has 1 aliphatic rings. The minimum absolute atomic E-state index is 0.150. The van der Waals surface area contributed by atoms with E-state index in [2.05, 4.69) is 15.5 Å². The number of carbonyl (C=O) groups excluding carboxylic acids is 2. The van der Waals surface area contributed by atoms with E-state index in [1.807, 2.05) is 18.2 Å². The van der Waals surface area contributed by atoms with Gasteiger partial charge in [-0.15, -0.1) is 0 Å². The lowest BCUT2D eigenvalue weighted by atomic mass is 10.2. The number of nitrogens with zero attached hydrogens (tertiary/aromatic N) is 1. The zero-order valence-corrected chi connectivity index (χ0v) is 14.3. The van der Waals surface area contributed by atoms with Crippen molar-refractivity contribution in [2.75, 3.05) is 36.5 Å². The molecule has 0 bridgehead atoms. The van der Waals surface area contributed by atoms with Crippen LogP contribution in [0.1, 0.15) is 5.56 Å². The molecule has 2 amide bonds. The van der Waals surface area contributed by atoms with Gasteiger partial charge >= 0.3 is 11.8 Å². The van der Waals surface area contributed by atoms with Crippen molar-refractivity contribution in [1.29, 1.82) is 0 Å². The standard InChI is InChI=1S/C19H21N3O4/c23-15-7-5-14(6-8-15)13-20-18(24)19(25)21-16-3-1-2-4-17(16)22-9-11-26-12-10-22/h1-8,23H,9-13H2,(H,20,24)(H,21,25). The highest BCUT2D eigenvalue weighted by Gasteiger charge is 2.18. The summed E-state index contributed by atoms with van der Waals surface area (Å²) >= 11 is 0. The van der Waals surface area contributed by atoms with Crippen LogP contribution in [-0.2, 0) is 20.9 Å². The van der Waals surface area contributed by atoms with E-state index in [9.17, 15) is 14.7 Å². The lowest BCUT2D eigenvalue weighted by Crippen LogP contribution is -2.38. The molecule has 1 heterocycles. The van der Waals surface area contributed by atoms with Crippen LogP contribution in [0.25, 0.3) is 0 Å². The van der Waals surface area contributed by atoms with Crippen molar-refractivity contribution in [3.05, 3.63) is 54.1 Å². The van der Waals surface area contributed by atoms with Crippen molar-refractivity contribution < 1.29 is 19.4 Å². The topological polar surface area (TPSA) is 90.9 Å². The largest absolute Gasteiger partial charge is 0.508 e. The summed E-state index contributed by atoms with van der Waals surface area (Å²) in [6.45, 7) is 2.95. The number of carbonyl (C=O) groups is 2.